The highest BCUT2D eigenvalue weighted by Crippen LogP contribution is 2.64. The highest BCUT2D eigenvalue weighted by atomic mass is 16.5. The van der Waals surface area contributed by atoms with Gasteiger partial charge >= 0.3 is 11.9 Å². The summed E-state index contributed by atoms with van der Waals surface area (Å²) >= 11 is 0. The van der Waals surface area contributed by atoms with Crippen LogP contribution in [0.3, 0.4) is 0 Å². The van der Waals surface area contributed by atoms with E-state index in [2.05, 4.69) is 19.9 Å². The van der Waals surface area contributed by atoms with Crippen molar-refractivity contribution in [1.82, 2.24) is 0 Å². The molecule has 0 N–H and O–H groups in total. The predicted octanol–water partition coefficient (Wildman–Crippen LogP) is 3.99. The van der Waals surface area contributed by atoms with Crippen LogP contribution in [0.2, 0.25) is 0 Å². The molecule has 0 radical (unpaired) electrons. The van der Waals surface area contributed by atoms with Crippen molar-refractivity contribution in [2.75, 3.05) is 0 Å². The Morgan fingerprint density at radius 1 is 1.07 bits per heavy atom. The third kappa shape index (κ3) is 2.93. The molecule has 3 fully saturated rings. The Hall–Kier alpha value is -1.65. The molecule has 0 spiro atoms. The van der Waals surface area contributed by atoms with Crippen LogP contribution in [0.4, 0.5) is 0 Å². The van der Waals surface area contributed by atoms with Gasteiger partial charge in [-0.15, -0.1) is 0 Å². The highest BCUT2D eigenvalue weighted by molar-refractivity contribution is 5.85. The van der Waals surface area contributed by atoms with Gasteiger partial charge in [-0.3, -0.25) is 14.4 Å². The lowest BCUT2D eigenvalue weighted by Crippen LogP contribution is -2.55. The fourth-order valence-electron chi connectivity index (χ4n) is 7.14. The molecular weight excluding hydrogens is 356 g/mol. The van der Waals surface area contributed by atoms with Gasteiger partial charge in [-0.1, -0.05) is 25.5 Å². The summed E-state index contributed by atoms with van der Waals surface area (Å²) < 4.78 is 11.1. The number of ether oxygens (including phenoxy) is 2. The first-order chi connectivity index (χ1) is 13.1. The number of esters is 2. The van der Waals surface area contributed by atoms with Crippen LogP contribution in [0.5, 0.6) is 0 Å². The number of Topliss-reactive ketones (excluding diaryl/α,β-unsaturated/α-hetero) is 1. The molecule has 154 valence electrons. The van der Waals surface area contributed by atoms with Gasteiger partial charge in [-0.05, 0) is 49.4 Å². The molecule has 0 aromatic carbocycles. The lowest BCUT2D eigenvalue weighted by molar-refractivity contribution is -0.163. The number of carbonyl (C=O) groups is 3. The molecule has 7 atom stereocenters. The molecule has 0 saturated heterocycles. The van der Waals surface area contributed by atoms with E-state index in [1.54, 1.807) is 0 Å². The highest BCUT2D eigenvalue weighted by Gasteiger charge is 2.62. The van der Waals surface area contributed by atoms with E-state index in [-0.39, 0.29) is 40.9 Å². The number of fused-ring (bicyclic) bond motifs is 5. The molecule has 28 heavy (non-hydrogen) atoms. The first-order valence-corrected chi connectivity index (χ1v) is 10.7. The van der Waals surface area contributed by atoms with Crippen molar-refractivity contribution in [1.29, 1.82) is 0 Å². The number of allylic oxidation sites excluding steroid dienone is 1. The van der Waals surface area contributed by atoms with Crippen molar-refractivity contribution >= 4 is 17.7 Å². The first kappa shape index (κ1) is 19.7. The van der Waals surface area contributed by atoms with Gasteiger partial charge in [0.1, 0.15) is 18.0 Å². The summed E-state index contributed by atoms with van der Waals surface area (Å²) in [5, 5.41) is 0. The number of hydrogen-bond donors (Lipinski definition) is 0. The zero-order chi connectivity index (χ0) is 20.3. The van der Waals surface area contributed by atoms with E-state index in [4.69, 9.17) is 9.47 Å². The van der Waals surface area contributed by atoms with Crippen LogP contribution in [0.25, 0.3) is 0 Å². The Bertz CT molecular complexity index is 739. The van der Waals surface area contributed by atoms with E-state index in [0.717, 1.165) is 38.5 Å². The maximum atomic E-state index is 13.5. The lowest BCUT2D eigenvalue weighted by atomic mass is 9.47. The summed E-state index contributed by atoms with van der Waals surface area (Å²) in [5.74, 6) is 0.644. The molecular formula is C23H32O5. The number of carbonyl (C=O) groups excluding carboxylic acids is 3. The zero-order valence-electron chi connectivity index (χ0n) is 17.5. The quantitative estimate of drug-likeness (QED) is 0.528. The lowest BCUT2D eigenvalue weighted by Gasteiger charge is -2.56. The molecule has 0 aromatic heterocycles. The van der Waals surface area contributed by atoms with Crippen LogP contribution < -0.4 is 0 Å². The topological polar surface area (TPSA) is 69.7 Å². The SMILES string of the molecule is CC(=O)OC1CCC2(C)C(=CCC3C2C(=O)CC2(C)C(OC(C)=O)CCC32)C1. The Morgan fingerprint density at radius 2 is 1.79 bits per heavy atom. The number of rotatable bonds is 2. The maximum Gasteiger partial charge on any atom is 0.302 e. The molecule has 4 aliphatic rings. The zero-order valence-corrected chi connectivity index (χ0v) is 17.5. The van der Waals surface area contributed by atoms with Crippen molar-refractivity contribution in [2.45, 2.75) is 84.8 Å². The minimum Gasteiger partial charge on any atom is -0.462 e. The second kappa shape index (κ2) is 6.70. The molecule has 7 unspecified atom stereocenters. The minimum absolute atomic E-state index is 0.0416. The van der Waals surface area contributed by atoms with Gasteiger partial charge in [-0.25, -0.2) is 0 Å². The molecule has 4 aliphatic carbocycles. The monoisotopic (exact) mass is 388 g/mol. The van der Waals surface area contributed by atoms with Crippen LogP contribution in [0.1, 0.15) is 72.6 Å². The summed E-state index contributed by atoms with van der Waals surface area (Å²) in [6, 6.07) is 0. The average molecular weight is 389 g/mol. The first-order valence-electron chi connectivity index (χ1n) is 10.7. The fourth-order valence-corrected chi connectivity index (χ4v) is 7.14. The van der Waals surface area contributed by atoms with E-state index in [1.807, 2.05) is 0 Å². The molecule has 0 aromatic rings. The van der Waals surface area contributed by atoms with Gasteiger partial charge in [0.05, 0.1) is 0 Å². The van der Waals surface area contributed by atoms with Crippen LogP contribution in [-0.4, -0.2) is 29.9 Å². The van der Waals surface area contributed by atoms with Gasteiger partial charge in [0.25, 0.3) is 0 Å². The van der Waals surface area contributed by atoms with Crippen LogP contribution >= 0.6 is 0 Å². The normalized spacial score (nSPS) is 44.6. The van der Waals surface area contributed by atoms with Crippen molar-refractivity contribution in [3.05, 3.63) is 11.6 Å². The molecule has 3 saturated carbocycles. The fraction of sp³-hybridized carbons (Fsp3) is 0.783. The Kier molecular flexibility index (Phi) is 4.71. The minimum atomic E-state index is -0.247. The second-order valence-electron chi connectivity index (χ2n) is 9.93. The number of hydrogen-bond acceptors (Lipinski definition) is 5. The largest absolute Gasteiger partial charge is 0.462 e. The van der Waals surface area contributed by atoms with Crippen molar-refractivity contribution in [2.24, 2.45) is 28.6 Å². The summed E-state index contributed by atoms with van der Waals surface area (Å²) in [5.41, 5.74) is 0.940. The van der Waals surface area contributed by atoms with Gasteiger partial charge in [0.15, 0.2) is 0 Å². The average Bonchev–Trinajstić information content (AvgIpc) is 2.90. The molecule has 0 aliphatic heterocycles. The Labute approximate surface area is 167 Å². The predicted molar refractivity (Wildman–Crippen MR) is 103 cm³/mol. The summed E-state index contributed by atoms with van der Waals surface area (Å²) in [6.45, 7) is 7.33. The molecule has 0 heterocycles. The Balaban J connectivity index is 1.61. The third-order valence-electron chi connectivity index (χ3n) is 8.30. The number of ketones is 1. The van der Waals surface area contributed by atoms with Gasteiger partial charge in [0, 0.05) is 38.0 Å². The van der Waals surface area contributed by atoms with E-state index >= 15 is 0 Å². The van der Waals surface area contributed by atoms with Crippen LogP contribution in [0.15, 0.2) is 11.6 Å². The smallest absolute Gasteiger partial charge is 0.302 e. The van der Waals surface area contributed by atoms with Crippen LogP contribution in [0, 0.1) is 28.6 Å². The molecule has 4 rings (SSSR count). The van der Waals surface area contributed by atoms with E-state index in [9.17, 15) is 14.4 Å². The van der Waals surface area contributed by atoms with Gasteiger partial charge < -0.3 is 9.47 Å². The van der Waals surface area contributed by atoms with E-state index in [1.165, 1.54) is 19.4 Å². The van der Waals surface area contributed by atoms with Gasteiger partial charge in [-0.2, -0.15) is 0 Å². The third-order valence-corrected chi connectivity index (χ3v) is 8.30. The van der Waals surface area contributed by atoms with E-state index in [0.29, 0.717) is 24.0 Å². The molecule has 0 bridgehead atoms. The summed E-state index contributed by atoms with van der Waals surface area (Å²) in [4.78, 5) is 36.4. The summed E-state index contributed by atoms with van der Waals surface area (Å²) in [7, 11) is 0. The van der Waals surface area contributed by atoms with Crippen molar-refractivity contribution in [3.63, 3.8) is 0 Å². The maximum absolute atomic E-state index is 13.5. The second-order valence-corrected chi connectivity index (χ2v) is 9.93. The van der Waals surface area contributed by atoms with Gasteiger partial charge in [0.2, 0.25) is 0 Å². The summed E-state index contributed by atoms with van der Waals surface area (Å²) in [6.07, 6.45) is 7.89. The Morgan fingerprint density at radius 3 is 2.46 bits per heavy atom. The standard InChI is InChI=1S/C23H32O5/c1-13(24)27-16-9-10-22(3)15(11-16)5-6-17-18-7-8-20(28-14(2)25)23(18,4)12-19(26)21(17)22/h5,16-18,20-21H,6-12H2,1-4H3. The van der Waals surface area contributed by atoms with Crippen molar-refractivity contribution in [3.8, 4) is 0 Å². The molecule has 0 amide bonds. The van der Waals surface area contributed by atoms with Crippen molar-refractivity contribution < 1.29 is 23.9 Å². The molecule has 5 heteroatoms. The van der Waals surface area contributed by atoms with Crippen LogP contribution in [-0.2, 0) is 23.9 Å². The van der Waals surface area contributed by atoms with E-state index < -0.39 is 0 Å². The molecule has 5 nitrogen and oxygen atoms in total.